The van der Waals surface area contributed by atoms with Gasteiger partial charge in [-0.1, -0.05) is 0 Å². The van der Waals surface area contributed by atoms with Gasteiger partial charge in [-0.2, -0.15) is 0 Å². The molecule has 0 amide bonds. The molecule has 0 bridgehead atoms. The number of rotatable bonds is 1. The second-order valence-corrected chi connectivity index (χ2v) is 2.50. The molecular formula is C7H11NO2. The highest BCUT2D eigenvalue weighted by molar-refractivity contribution is 5.80. The van der Waals surface area contributed by atoms with Gasteiger partial charge in [-0.3, -0.25) is 0 Å². The van der Waals surface area contributed by atoms with Gasteiger partial charge < -0.3 is 10.0 Å². The van der Waals surface area contributed by atoms with Crippen LogP contribution in [-0.4, -0.2) is 29.6 Å². The van der Waals surface area contributed by atoms with Crippen LogP contribution in [0, 0.1) is 0 Å². The first kappa shape index (κ1) is 7.12. The van der Waals surface area contributed by atoms with Crippen LogP contribution in [0.4, 0.5) is 0 Å². The largest absolute Gasteiger partial charge is 0.478 e. The summed E-state index contributed by atoms with van der Waals surface area (Å²) in [6.45, 7) is 0.985. The number of hydrogen-bond acceptors (Lipinski definition) is 2. The summed E-state index contributed by atoms with van der Waals surface area (Å²) in [7, 11) is 1.92. The topological polar surface area (TPSA) is 40.5 Å². The predicted octanol–water partition coefficient (Wildman–Crippen LogP) is 0.680. The summed E-state index contributed by atoms with van der Waals surface area (Å²) in [6.07, 6.45) is 3.27. The number of likely N-dealkylation sites (tertiary alicyclic amines) is 1. The SMILES string of the molecule is CN1CCC/C1=C\C(=O)O. The van der Waals surface area contributed by atoms with Gasteiger partial charge in [0.2, 0.25) is 0 Å². The Labute approximate surface area is 59.9 Å². The molecule has 10 heavy (non-hydrogen) atoms. The summed E-state index contributed by atoms with van der Waals surface area (Å²) >= 11 is 0. The number of carboxylic acids is 1. The minimum atomic E-state index is -0.844. The van der Waals surface area contributed by atoms with Gasteiger partial charge in [0.1, 0.15) is 0 Å². The fraction of sp³-hybridized carbons (Fsp3) is 0.571. The number of allylic oxidation sites excluding steroid dienone is 1. The average molecular weight is 141 g/mol. The van der Waals surface area contributed by atoms with Crippen LogP contribution in [0.2, 0.25) is 0 Å². The highest BCUT2D eigenvalue weighted by Crippen LogP contribution is 2.17. The van der Waals surface area contributed by atoms with Gasteiger partial charge in [0, 0.05) is 25.4 Å². The first-order valence-corrected chi connectivity index (χ1v) is 3.35. The Morgan fingerprint density at radius 1 is 1.80 bits per heavy atom. The van der Waals surface area contributed by atoms with Crippen molar-refractivity contribution in [3.63, 3.8) is 0 Å². The van der Waals surface area contributed by atoms with Crippen LogP contribution in [0.5, 0.6) is 0 Å². The molecule has 1 N–H and O–H groups in total. The Balaban J connectivity index is 2.62. The lowest BCUT2D eigenvalue weighted by Gasteiger charge is -2.10. The first-order valence-electron chi connectivity index (χ1n) is 3.35. The zero-order valence-corrected chi connectivity index (χ0v) is 6.00. The molecule has 0 aromatic rings. The molecule has 0 aliphatic carbocycles. The van der Waals surface area contributed by atoms with E-state index in [9.17, 15) is 4.79 Å². The standard InChI is InChI=1S/C7H11NO2/c1-8-4-2-3-6(8)5-7(9)10/h5H,2-4H2,1H3,(H,9,10)/b6-5+. The summed E-state index contributed by atoms with van der Waals surface area (Å²) in [4.78, 5) is 12.2. The van der Waals surface area contributed by atoms with Gasteiger partial charge >= 0.3 is 5.97 Å². The van der Waals surface area contributed by atoms with Gasteiger partial charge in [-0.25, -0.2) is 4.79 Å². The van der Waals surface area contributed by atoms with Crippen molar-refractivity contribution < 1.29 is 9.90 Å². The van der Waals surface area contributed by atoms with E-state index < -0.39 is 5.97 Å². The molecule has 3 nitrogen and oxygen atoms in total. The minimum Gasteiger partial charge on any atom is -0.478 e. The Kier molecular flexibility index (Phi) is 1.94. The van der Waals surface area contributed by atoms with Crippen molar-refractivity contribution in [1.82, 2.24) is 4.90 Å². The van der Waals surface area contributed by atoms with E-state index >= 15 is 0 Å². The molecule has 0 aromatic carbocycles. The molecule has 0 unspecified atom stereocenters. The smallest absolute Gasteiger partial charge is 0.330 e. The zero-order valence-electron chi connectivity index (χ0n) is 6.00. The highest BCUT2D eigenvalue weighted by Gasteiger charge is 2.12. The molecule has 1 rings (SSSR count). The molecule has 3 heteroatoms. The molecule has 0 radical (unpaired) electrons. The number of aliphatic carboxylic acids is 1. The quantitative estimate of drug-likeness (QED) is 0.546. The fourth-order valence-electron chi connectivity index (χ4n) is 1.16. The molecule has 0 atom stereocenters. The van der Waals surface area contributed by atoms with Crippen molar-refractivity contribution >= 4 is 5.97 Å². The normalized spacial score (nSPS) is 22.1. The van der Waals surface area contributed by atoms with Crippen molar-refractivity contribution in [2.24, 2.45) is 0 Å². The van der Waals surface area contributed by atoms with Crippen molar-refractivity contribution in [3.8, 4) is 0 Å². The minimum absolute atomic E-state index is 0.844. The number of carbonyl (C=O) groups is 1. The van der Waals surface area contributed by atoms with E-state index in [4.69, 9.17) is 5.11 Å². The van der Waals surface area contributed by atoms with Crippen LogP contribution < -0.4 is 0 Å². The van der Waals surface area contributed by atoms with Crippen molar-refractivity contribution in [3.05, 3.63) is 11.8 Å². The molecule has 1 aliphatic heterocycles. The van der Waals surface area contributed by atoms with Crippen LogP contribution >= 0.6 is 0 Å². The van der Waals surface area contributed by atoms with Crippen LogP contribution in [0.1, 0.15) is 12.8 Å². The molecule has 1 heterocycles. The van der Waals surface area contributed by atoms with Crippen molar-refractivity contribution in [2.75, 3.05) is 13.6 Å². The second kappa shape index (κ2) is 2.73. The third kappa shape index (κ3) is 1.50. The van der Waals surface area contributed by atoms with Crippen molar-refractivity contribution in [1.29, 1.82) is 0 Å². The van der Waals surface area contributed by atoms with Gasteiger partial charge in [0.25, 0.3) is 0 Å². The Morgan fingerprint density at radius 2 is 2.50 bits per heavy atom. The molecule has 0 aromatic heterocycles. The fourth-order valence-corrected chi connectivity index (χ4v) is 1.16. The maximum absolute atomic E-state index is 10.2. The van der Waals surface area contributed by atoms with E-state index in [1.54, 1.807) is 0 Å². The summed E-state index contributed by atoms with van der Waals surface area (Å²) in [5, 5.41) is 8.39. The monoisotopic (exact) mass is 141 g/mol. The maximum atomic E-state index is 10.2. The molecule has 0 saturated carbocycles. The molecule has 1 fully saturated rings. The lowest BCUT2D eigenvalue weighted by molar-refractivity contribution is -0.131. The predicted molar refractivity (Wildman–Crippen MR) is 37.6 cm³/mol. The van der Waals surface area contributed by atoms with Gasteiger partial charge in [0.15, 0.2) is 0 Å². The molecular weight excluding hydrogens is 130 g/mol. The summed E-state index contributed by atoms with van der Waals surface area (Å²) in [5.74, 6) is -0.844. The lowest BCUT2D eigenvalue weighted by Crippen LogP contribution is -2.11. The van der Waals surface area contributed by atoms with Crippen LogP contribution in [0.15, 0.2) is 11.8 Å². The molecule has 0 spiro atoms. The molecule has 1 aliphatic rings. The summed E-state index contributed by atoms with van der Waals surface area (Å²) in [6, 6.07) is 0. The molecule has 1 saturated heterocycles. The van der Waals surface area contributed by atoms with E-state index in [1.165, 1.54) is 6.08 Å². The number of nitrogens with zero attached hydrogens (tertiary/aromatic N) is 1. The van der Waals surface area contributed by atoms with Crippen LogP contribution in [0.3, 0.4) is 0 Å². The number of hydrogen-bond donors (Lipinski definition) is 1. The average Bonchev–Trinajstić information content (AvgIpc) is 2.15. The van der Waals surface area contributed by atoms with Crippen LogP contribution in [-0.2, 0) is 4.79 Å². The van der Waals surface area contributed by atoms with Gasteiger partial charge in [-0.05, 0) is 12.8 Å². The Morgan fingerprint density at radius 3 is 2.90 bits per heavy atom. The van der Waals surface area contributed by atoms with E-state index in [-0.39, 0.29) is 0 Å². The Hall–Kier alpha value is -0.990. The van der Waals surface area contributed by atoms with E-state index in [0.717, 1.165) is 25.1 Å². The molecule has 56 valence electrons. The van der Waals surface area contributed by atoms with Gasteiger partial charge in [0.05, 0.1) is 0 Å². The highest BCUT2D eigenvalue weighted by atomic mass is 16.4. The maximum Gasteiger partial charge on any atom is 0.330 e. The summed E-state index contributed by atoms with van der Waals surface area (Å²) in [5.41, 5.74) is 0.938. The number of carboxylic acid groups (broad SMARTS) is 1. The second-order valence-electron chi connectivity index (χ2n) is 2.50. The Bertz CT molecular complexity index is 174. The lowest BCUT2D eigenvalue weighted by atomic mass is 10.3. The van der Waals surface area contributed by atoms with Crippen molar-refractivity contribution in [2.45, 2.75) is 12.8 Å². The van der Waals surface area contributed by atoms with Gasteiger partial charge in [-0.15, -0.1) is 0 Å². The third-order valence-corrected chi connectivity index (χ3v) is 1.71. The van der Waals surface area contributed by atoms with E-state index in [2.05, 4.69) is 0 Å². The van der Waals surface area contributed by atoms with Crippen LogP contribution in [0.25, 0.3) is 0 Å². The van der Waals surface area contributed by atoms with E-state index in [1.807, 2.05) is 11.9 Å². The van der Waals surface area contributed by atoms with E-state index in [0.29, 0.717) is 0 Å². The summed E-state index contributed by atoms with van der Waals surface area (Å²) < 4.78 is 0. The third-order valence-electron chi connectivity index (χ3n) is 1.71. The first-order chi connectivity index (χ1) is 4.70. The zero-order chi connectivity index (χ0) is 7.56.